The molecule has 0 saturated heterocycles. The normalized spacial score (nSPS) is 24.2. The second kappa shape index (κ2) is 5.16. The van der Waals surface area contributed by atoms with Gasteiger partial charge >= 0.3 is 0 Å². The van der Waals surface area contributed by atoms with Crippen molar-refractivity contribution >= 4 is 5.84 Å². The van der Waals surface area contributed by atoms with Gasteiger partial charge in [-0.15, -0.1) is 6.08 Å². The summed E-state index contributed by atoms with van der Waals surface area (Å²) in [4.78, 5) is 4.27. The van der Waals surface area contributed by atoms with Crippen LogP contribution in [0.15, 0.2) is 70.9 Å². The van der Waals surface area contributed by atoms with Gasteiger partial charge in [0.25, 0.3) is 0 Å². The van der Waals surface area contributed by atoms with Crippen LogP contribution in [0.1, 0.15) is 5.56 Å². The van der Waals surface area contributed by atoms with E-state index in [2.05, 4.69) is 4.99 Å². The van der Waals surface area contributed by atoms with Gasteiger partial charge in [0, 0.05) is 25.2 Å². The van der Waals surface area contributed by atoms with E-state index in [1.807, 2.05) is 61.1 Å². The molecule has 0 saturated carbocycles. The standard InChI is InChI=1S/C15H13N2O.Rh/c16-14-15(18,11-7-3-1-4-8-11)12-9-5-2-6-10-13(12)17-14;/h1-10,18H,(H2,16,17);/q-1;/t15-;/m0./s1. The first kappa shape index (κ1) is 13.8. The monoisotopic (exact) mass is 340 g/mol. The van der Waals surface area contributed by atoms with E-state index in [1.165, 1.54) is 0 Å². The molecule has 99 valence electrons. The van der Waals surface area contributed by atoms with Crippen LogP contribution < -0.4 is 5.73 Å². The number of fused-ring (bicyclic) bond motifs is 1. The van der Waals surface area contributed by atoms with Gasteiger partial charge in [-0.2, -0.15) is 24.6 Å². The third-order valence-corrected chi connectivity index (χ3v) is 3.21. The molecule has 1 aliphatic heterocycles. The van der Waals surface area contributed by atoms with Gasteiger partial charge in [-0.25, -0.2) is 4.99 Å². The van der Waals surface area contributed by atoms with Gasteiger partial charge in [0.05, 0.1) is 0 Å². The fraction of sp³-hybridized carbons (Fsp3) is 0.0667. The number of nitrogens with zero attached hydrogens (tertiary/aromatic N) is 1. The zero-order chi connectivity index (χ0) is 12.6. The van der Waals surface area contributed by atoms with Gasteiger partial charge in [0.15, 0.2) is 0 Å². The van der Waals surface area contributed by atoms with Crippen LogP contribution in [0.2, 0.25) is 0 Å². The van der Waals surface area contributed by atoms with Gasteiger partial charge in [-0.05, 0) is 5.56 Å². The van der Waals surface area contributed by atoms with E-state index in [1.54, 1.807) is 0 Å². The van der Waals surface area contributed by atoms with Crippen molar-refractivity contribution in [3.05, 3.63) is 77.9 Å². The Morgan fingerprint density at radius 1 is 1.21 bits per heavy atom. The molecule has 0 fully saturated rings. The van der Waals surface area contributed by atoms with E-state index in [0.29, 0.717) is 5.70 Å². The molecule has 0 unspecified atom stereocenters. The molecule has 0 amide bonds. The third-order valence-electron chi connectivity index (χ3n) is 3.21. The molecular weight excluding hydrogens is 327 g/mol. The zero-order valence-corrected chi connectivity index (χ0v) is 11.7. The molecule has 19 heavy (non-hydrogen) atoms. The summed E-state index contributed by atoms with van der Waals surface area (Å²) in [6, 6.07) is 9.36. The Balaban J connectivity index is 0.00000133. The summed E-state index contributed by atoms with van der Waals surface area (Å²) < 4.78 is 0. The Bertz CT molecular complexity index is 602. The Morgan fingerprint density at radius 3 is 2.68 bits per heavy atom. The number of rotatable bonds is 1. The molecule has 2 aliphatic rings. The molecule has 4 heteroatoms. The van der Waals surface area contributed by atoms with E-state index >= 15 is 0 Å². The van der Waals surface area contributed by atoms with Crippen LogP contribution in [-0.2, 0) is 25.1 Å². The number of aliphatic hydroxyl groups is 1. The summed E-state index contributed by atoms with van der Waals surface area (Å²) in [5.41, 5.74) is 6.78. The number of hydrogen-bond donors (Lipinski definition) is 2. The van der Waals surface area contributed by atoms with Crippen molar-refractivity contribution in [2.45, 2.75) is 5.60 Å². The van der Waals surface area contributed by atoms with E-state index < -0.39 is 5.60 Å². The van der Waals surface area contributed by atoms with Crippen molar-refractivity contribution < 1.29 is 24.6 Å². The van der Waals surface area contributed by atoms with Gasteiger partial charge in [-0.3, -0.25) is 0 Å². The summed E-state index contributed by atoms with van der Waals surface area (Å²) in [5, 5.41) is 10.9. The summed E-state index contributed by atoms with van der Waals surface area (Å²) in [6.07, 6.45) is 9.36. The molecule has 1 heterocycles. The Hall–Kier alpha value is -1.64. The van der Waals surface area contributed by atoms with Crippen LogP contribution in [0.25, 0.3) is 0 Å². The van der Waals surface area contributed by atoms with Crippen molar-refractivity contribution in [2.75, 3.05) is 0 Å². The first-order valence-electron chi connectivity index (χ1n) is 5.78. The number of allylic oxidation sites excluding steroid dienone is 4. The molecule has 3 nitrogen and oxygen atoms in total. The average Bonchev–Trinajstić information content (AvgIpc) is 2.59. The van der Waals surface area contributed by atoms with Crippen LogP contribution >= 0.6 is 0 Å². The molecule has 1 aromatic rings. The number of aliphatic imine (C=N–C) groups is 1. The molecule has 0 spiro atoms. The van der Waals surface area contributed by atoms with Crippen LogP contribution in [-0.4, -0.2) is 10.9 Å². The number of benzene rings is 1. The second-order valence-electron chi connectivity index (χ2n) is 4.28. The molecular formula is C15H13N2ORh-. The van der Waals surface area contributed by atoms with Gasteiger partial charge in [0.2, 0.25) is 0 Å². The summed E-state index contributed by atoms with van der Waals surface area (Å²) in [6.45, 7) is 0. The largest absolute Gasteiger partial charge is 0.385 e. The fourth-order valence-corrected chi connectivity index (χ4v) is 2.27. The van der Waals surface area contributed by atoms with Crippen molar-refractivity contribution in [3.63, 3.8) is 0 Å². The van der Waals surface area contributed by atoms with E-state index in [-0.39, 0.29) is 25.3 Å². The van der Waals surface area contributed by atoms with E-state index in [4.69, 9.17) is 5.73 Å². The molecule has 1 atom stereocenters. The predicted molar refractivity (Wildman–Crippen MR) is 71.6 cm³/mol. The number of hydrogen-bond acceptors (Lipinski definition) is 3. The van der Waals surface area contributed by atoms with E-state index in [9.17, 15) is 5.11 Å². The molecule has 0 aromatic heterocycles. The second-order valence-corrected chi connectivity index (χ2v) is 4.28. The maximum atomic E-state index is 10.9. The minimum atomic E-state index is -1.32. The topological polar surface area (TPSA) is 58.6 Å². The van der Waals surface area contributed by atoms with Gasteiger partial charge in [0.1, 0.15) is 11.4 Å². The van der Waals surface area contributed by atoms with Crippen molar-refractivity contribution in [3.8, 4) is 0 Å². The Kier molecular flexibility index (Phi) is 3.74. The molecule has 0 bridgehead atoms. The molecule has 3 rings (SSSR count). The number of nitrogens with two attached hydrogens (primary N) is 1. The van der Waals surface area contributed by atoms with Crippen LogP contribution in [0.5, 0.6) is 0 Å². The predicted octanol–water partition coefficient (Wildman–Crippen LogP) is 1.83. The van der Waals surface area contributed by atoms with Crippen LogP contribution in [0.3, 0.4) is 0 Å². The van der Waals surface area contributed by atoms with Crippen molar-refractivity contribution in [1.29, 1.82) is 0 Å². The van der Waals surface area contributed by atoms with Gasteiger partial charge in [-0.1, -0.05) is 35.9 Å². The molecule has 1 radical (unpaired) electrons. The minimum Gasteiger partial charge on any atom is -0.385 e. The van der Waals surface area contributed by atoms with Crippen molar-refractivity contribution in [2.24, 2.45) is 10.7 Å². The van der Waals surface area contributed by atoms with Crippen LogP contribution in [0.4, 0.5) is 0 Å². The molecule has 1 aromatic carbocycles. The number of amidine groups is 1. The summed E-state index contributed by atoms with van der Waals surface area (Å²) in [7, 11) is 0. The summed E-state index contributed by atoms with van der Waals surface area (Å²) in [5.74, 6) is 0.218. The third kappa shape index (κ3) is 2.07. The maximum absolute atomic E-state index is 10.9. The first-order valence-corrected chi connectivity index (χ1v) is 5.78. The van der Waals surface area contributed by atoms with Gasteiger partial charge < -0.3 is 10.8 Å². The molecule has 3 N–H and O–H groups in total. The average molecular weight is 340 g/mol. The zero-order valence-electron chi connectivity index (χ0n) is 10.1. The fourth-order valence-electron chi connectivity index (χ4n) is 2.27. The Morgan fingerprint density at radius 2 is 1.95 bits per heavy atom. The van der Waals surface area contributed by atoms with E-state index in [0.717, 1.165) is 11.1 Å². The quantitative estimate of drug-likeness (QED) is 0.605. The summed E-state index contributed by atoms with van der Waals surface area (Å²) >= 11 is 0. The van der Waals surface area contributed by atoms with Crippen molar-refractivity contribution in [1.82, 2.24) is 0 Å². The maximum Gasteiger partial charge on any atom is 0.131 e. The molecule has 1 aliphatic carbocycles. The van der Waals surface area contributed by atoms with Crippen LogP contribution in [0, 0.1) is 6.42 Å². The Labute approximate surface area is 125 Å². The smallest absolute Gasteiger partial charge is 0.131 e. The SMILES string of the molecule is NC1=NC2=CC=C[CH-]C=C2[C@@]1(O)c1ccccc1.[Rh]. The minimum absolute atomic E-state index is 0. The first-order chi connectivity index (χ1) is 8.73.